The number of hydrogen-bond acceptors (Lipinski definition) is 3. The molecule has 0 atom stereocenters. The van der Waals surface area contributed by atoms with Crippen LogP contribution in [0.1, 0.15) is 16.1 Å². The number of aromatic nitrogens is 2. The third kappa shape index (κ3) is 3.17. The van der Waals surface area contributed by atoms with Crippen molar-refractivity contribution in [1.29, 1.82) is 0 Å². The summed E-state index contributed by atoms with van der Waals surface area (Å²) >= 11 is 3.34. The second-order valence-corrected chi connectivity index (χ2v) is 6.03. The van der Waals surface area contributed by atoms with Gasteiger partial charge in [0.2, 0.25) is 0 Å². The SMILES string of the molecule is Cn1nc(CNC(=O)c2ccc(Br)cc2)c2ccccc2c1=O. The van der Waals surface area contributed by atoms with Gasteiger partial charge >= 0.3 is 0 Å². The highest BCUT2D eigenvalue weighted by atomic mass is 79.9. The molecule has 2 aromatic carbocycles. The van der Waals surface area contributed by atoms with Crippen molar-refractivity contribution in [2.75, 3.05) is 0 Å². The molecular weight excluding hydrogens is 358 g/mol. The van der Waals surface area contributed by atoms with Crippen molar-refractivity contribution >= 4 is 32.6 Å². The monoisotopic (exact) mass is 371 g/mol. The van der Waals surface area contributed by atoms with Crippen molar-refractivity contribution in [2.45, 2.75) is 6.54 Å². The van der Waals surface area contributed by atoms with Crippen molar-refractivity contribution in [2.24, 2.45) is 7.05 Å². The smallest absolute Gasteiger partial charge is 0.274 e. The lowest BCUT2D eigenvalue weighted by atomic mass is 10.1. The highest BCUT2D eigenvalue weighted by Crippen LogP contribution is 2.13. The summed E-state index contributed by atoms with van der Waals surface area (Å²) in [6.07, 6.45) is 0. The van der Waals surface area contributed by atoms with Crippen LogP contribution in [0.5, 0.6) is 0 Å². The number of carbonyl (C=O) groups excluding carboxylic acids is 1. The van der Waals surface area contributed by atoms with Crippen molar-refractivity contribution < 1.29 is 4.79 Å². The molecule has 0 saturated heterocycles. The first-order chi connectivity index (χ1) is 11.1. The Morgan fingerprint density at radius 2 is 1.78 bits per heavy atom. The fraction of sp³-hybridized carbons (Fsp3) is 0.118. The number of carbonyl (C=O) groups is 1. The Morgan fingerprint density at radius 1 is 1.13 bits per heavy atom. The van der Waals surface area contributed by atoms with Crippen molar-refractivity contribution in [3.8, 4) is 0 Å². The van der Waals surface area contributed by atoms with E-state index in [9.17, 15) is 9.59 Å². The molecule has 1 amide bonds. The molecule has 3 aromatic rings. The second kappa shape index (κ2) is 6.34. The Kier molecular flexibility index (Phi) is 4.25. The van der Waals surface area contributed by atoms with E-state index in [2.05, 4.69) is 26.3 Å². The Morgan fingerprint density at radius 3 is 2.48 bits per heavy atom. The third-order valence-electron chi connectivity index (χ3n) is 3.56. The lowest BCUT2D eigenvalue weighted by Gasteiger charge is -2.09. The fourth-order valence-corrected chi connectivity index (χ4v) is 2.64. The minimum absolute atomic E-state index is 0.149. The summed E-state index contributed by atoms with van der Waals surface area (Å²) in [6, 6.07) is 14.4. The van der Waals surface area contributed by atoms with E-state index in [1.807, 2.05) is 30.3 Å². The van der Waals surface area contributed by atoms with Crippen LogP contribution < -0.4 is 10.9 Å². The molecule has 0 unspecified atom stereocenters. The zero-order chi connectivity index (χ0) is 16.4. The highest BCUT2D eigenvalue weighted by Gasteiger charge is 2.10. The minimum atomic E-state index is -0.183. The van der Waals surface area contributed by atoms with Gasteiger partial charge in [0.1, 0.15) is 0 Å². The molecule has 116 valence electrons. The van der Waals surface area contributed by atoms with E-state index in [0.717, 1.165) is 9.86 Å². The maximum atomic E-state index is 12.2. The van der Waals surface area contributed by atoms with Gasteiger partial charge in [-0.1, -0.05) is 34.1 Å². The van der Waals surface area contributed by atoms with Crippen LogP contribution in [-0.4, -0.2) is 15.7 Å². The molecular formula is C17H14BrN3O2. The molecule has 1 aromatic heterocycles. The second-order valence-electron chi connectivity index (χ2n) is 5.11. The predicted octanol–water partition coefficient (Wildman–Crippen LogP) is 2.63. The fourth-order valence-electron chi connectivity index (χ4n) is 2.37. The summed E-state index contributed by atoms with van der Waals surface area (Å²) in [6.45, 7) is 0.254. The molecule has 6 heteroatoms. The summed E-state index contributed by atoms with van der Waals surface area (Å²) in [4.78, 5) is 24.3. The van der Waals surface area contributed by atoms with E-state index in [-0.39, 0.29) is 18.0 Å². The van der Waals surface area contributed by atoms with Crippen LogP contribution in [0.4, 0.5) is 0 Å². The Hall–Kier alpha value is -2.47. The molecule has 0 bridgehead atoms. The number of nitrogens with zero attached hydrogens (tertiary/aromatic N) is 2. The quantitative estimate of drug-likeness (QED) is 0.769. The van der Waals surface area contributed by atoms with Crippen LogP contribution in [0.3, 0.4) is 0 Å². The molecule has 1 N–H and O–H groups in total. The van der Waals surface area contributed by atoms with E-state index in [1.165, 1.54) is 4.68 Å². The van der Waals surface area contributed by atoms with E-state index in [0.29, 0.717) is 16.6 Å². The summed E-state index contributed by atoms with van der Waals surface area (Å²) in [7, 11) is 1.61. The Labute approximate surface area is 141 Å². The number of hydrogen-bond donors (Lipinski definition) is 1. The van der Waals surface area contributed by atoms with Crippen molar-refractivity contribution in [3.05, 3.63) is 74.6 Å². The molecule has 0 spiro atoms. The Balaban J connectivity index is 1.87. The van der Waals surface area contributed by atoms with E-state index < -0.39 is 0 Å². The zero-order valence-electron chi connectivity index (χ0n) is 12.4. The normalized spacial score (nSPS) is 10.7. The van der Waals surface area contributed by atoms with Crippen LogP contribution in [0.15, 0.2) is 57.8 Å². The molecule has 23 heavy (non-hydrogen) atoms. The maximum Gasteiger partial charge on any atom is 0.274 e. The van der Waals surface area contributed by atoms with Gasteiger partial charge in [-0.15, -0.1) is 0 Å². The average molecular weight is 372 g/mol. The first kappa shape index (κ1) is 15.4. The van der Waals surface area contributed by atoms with E-state index in [4.69, 9.17) is 0 Å². The number of benzene rings is 2. The van der Waals surface area contributed by atoms with Crippen LogP contribution in [-0.2, 0) is 13.6 Å². The molecule has 3 rings (SSSR count). The van der Waals surface area contributed by atoms with Crippen molar-refractivity contribution in [3.63, 3.8) is 0 Å². The van der Waals surface area contributed by atoms with Gasteiger partial charge < -0.3 is 5.32 Å². The first-order valence-electron chi connectivity index (χ1n) is 7.05. The van der Waals surface area contributed by atoms with Gasteiger partial charge in [0.05, 0.1) is 17.6 Å². The van der Waals surface area contributed by atoms with Crippen LogP contribution in [0, 0.1) is 0 Å². The predicted molar refractivity (Wildman–Crippen MR) is 92.3 cm³/mol. The molecule has 0 aliphatic rings. The van der Waals surface area contributed by atoms with Crippen LogP contribution in [0.25, 0.3) is 10.8 Å². The van der Waals surface area contributed by atoms with Gasteiger partial charge in [0.25, 0.3) is 11.5 Å². The molecule has 5 nitrogen and oxygen atoms in total. The van der Waals surface area contributed by atoms with Gasteiger partial charge in [0.15, 0.2) is 0 Å². The molecule has 1 heterocycles. The average Bonchev–Trinajstić information content (AvgIpc) is 2.57. The zero-order valence-corrected chi connectivity index (χ0v) is 14.0. The minimum Gasteiger partial charge on any atom is -0.346 e. The maximum absolute atomic E-state index is 12.2. The summed E-state index contributed by atoms with van der Waals surface area (Å²) in [5.41, 5.74) is 1.08. The third-order valence-corrected chi connectivity index (χ3v) is 4.08. The van der Waals surface area contributed by atoms with Gasteiger partial charge in [0, 0.05) is 22.5 Å². The molecule has 0 fully saturated rings. The van der Waals surface area contributed by atoms with Gasteiger partial charge in [-0.05, 0) is 30.3 Å². The lowest BCUT2D eigenvalue weighted by molar-refractivity contribution is 0.0950. The summed E-state index contributed by atoms with van der Waals surface area (Å²) < 4.78 is 2.21. The molecule has 0 saturated carbocycles. The van der Waals surface area contributed by atoms with Gasteiger partial charge in [-0.2, -0.15) is 5.10 Å². The first-order valence-corrected chi connectivity index (χ1v) is 7.84. The largest absolute Gasteiger partial charge is 0.346 e. The number of fused-ring (bicyclic) bond motifs is 1. The Bertz CT molecular complexity index is 933. The van der Waals surface area contributed by atoms with Gasteiger partial charge in [-0.3, -0.25) is 9.59 Å². The molecule has 0 aliphatic heterocycles. The number of nitrogens with one attached hydrogen (secondary N) is 1. The van der Waals surface area contributed by atoms with E-state index >= 15 is 0 Å². The summed E-state index contributed by atoms with van der Waals surface area (Å²) in [5, 5.41) is 8.46. The molecule has 0 aliphatic carbocycles. The number of halogens is 1. The van der Waals surface area contributed by atoms with Crippen molar-refractivity contribution in [1.82, 2.24) is 15.1 Å². The van der Waals surface area contributed by atoms with Crippen LogP contribution >= 0.6 is 15.9 Å². The topological polar surface area (TPSA) is 64.0 Å². The van der Waals surface area contributed by atoms with Gasteiger partial charge in [-0.25, -0.2) is 4.68 Å². The standard InChI is InChI=1S/C17H14BrN3O2/c1-21-17(23)14-5-3-2-4-13(14)15(20-21)10-19-16(22)11-6-8-12(18)9-7-11/h2-9H,10H2,1H3,(H,19,22). The van der Waals surface area contributed by atoms with E-state index in [1.54, 1.807) is 25.2 Å². The molecule has 0 radical (unpaired) electrons. The summed E-state index contributed by atoms with van der Waals surface area (Å²) in [5.74, 6) is -0.183. The lowest BCUT2D eigenvalue weighted by Crippen LogP contribution is -2.27. The number of rotatable bonds is 3. The van der Waals surface area contributed by atoms with Crippen LogP contribution in [0.2, 0.25) is 0 Å². The number of amides is 1. The highest BCUT2D eigenvalue weighted by molar-refractivity contribution is 9.10. The number of aryl methyl sites for hydroxylation is 1.